The Hall–Kier alpha value is -0.180. The first-order chi connectivity index (χ1) is 14.2. The molecule has 0 aromatic heterocycles. The molecular weight excluding hydrogens is 378 g/mol. The van der Waals surface area contributed by atoms with Crippen molar-refractivity contribution in [2.75, 3.05) is 0 Å². The van der Waals surface area contributed by atoms with Crippen LogP contribution in [0, 0.1) is 29.1 Å². The Bertz CT molecular complexity index is 473. The molecule has 30 heavy (non-hydrogen) atoms. The van der Waals surface area contributed by atoms with E-state index in [4.69, 9.17) is 4.74 Å². The molecule has 178 valence electrons. The lowest BCUT2D eigenvalue weighted by Gasteiger charge is -2.37. The molecule has 0 aromatic carbocycles. The normalized spacial score (nSPS) is 36.3. The molecule has 2 rings (SSSR count). The number of hydrogen-bond acceptors (Lipinski definition) is 1. The second-order valence-corrected chi connectivity index (χ2v) is 11.4. The third-order valence-electron chi connectivity index (χ3n) is 8.68. The summed E-state index contributed by atoms with van der Waals surface area (Å²) in [6, 6.07) is 0. The number of ether oxygens (including phenoxy) is 1. The van der Waals surface area contributed by atoms with Crippen molar-refractivity contribution in [1.29, 1.82) is 0 Å². The zero-order chi connectivity index (χ0) is 22.3. The Morgan fingerprint density at radius 1 is 0.867 bits per heavy atom. The summed E-state index contributed by atoms with van der Waals surface area (Å²) in [6.45, 7) is 13.3. The Balaban J connectivity index is 1.82. The van der Waals surface area contributed by atoms with E-state index in [1.54, 1.807) is 0 Å². The van der Waals surface area contributed by atoms with Crippen LogP contribution in [0.4, 0.5) is 8.78 Å². The SMILES string of the molecule is CCCC(C)(CC)CCC(C)C1CCC(C2CCC(F)C(OC(C)C)C(F)C2)CC1. The van der Waals surface area contributed by atoms with Crippen LogP contribution in [-0.4, -0.2) is 24.6 Å². The first-order valence-electron chi connectivity index (χ1n) is 13.1. The van der Waals surface area contributed by atoms with E-state index in [1.165, 1.54) is 57.8 Å². The van der Waals surface area contributed by atoms with E-state index < -0.39 is 18.4 Å². The average Bonchev–Trinajstić information content (AvgIpc) is 2.85. The number of rotatable bonds is 10. The van der Waals surface area contributed by atoms with Crippen molar-refractivity contribution in [3.63, 3.8) is 0 Å². The van der Waals surface area contributed by atoms with Gasteiger partial charge in [0.15, 0.2) is 0 Å². The summed E-state index contributed by atoms with van der Waals surface area (Å²) in [5.41, 5.74) is 0.508. The molecule has 2 fully saturated rings. The second-order valence-electron chi connectivity index (χ2n) is 11.4. The minimum absolute atomic E-state index is 0.119. The van der Waals surface area contributed by atoms with Gasteiger partial charge in [-0.2, -0.15) is 0 Å². The van der Waals surface area contributed by atoms with Crippen LogP contribution < -0.4 is 0 Å². The van der Waals surface area contributed by atoms with Gasteiger partial charge in [-0.1, -0.05) is 40.5 Å². The highest BCUT2D eigenvalue weighted by Crippen LogP contribution is 2.44. The van der Waals surface area contributed by atoms with Crippen molar-refractivity contribution in [2.45, 2.75) is 143 Å². The zero-order valence-corrected chi connectivity index (χ0v) is 20.8. The predicted octanol–water partition coefficient (Wildman–Crippen LogP) is 8.70. The molecule has 2 aliphatic carbocycles. The van der Waals surface area contributed by atoms with Gasteiger partial charge in [-0.15, -0.1) is 0 Å². The molecule has 0 heterocycles. The highest BCUT2D eigenvalue weighted by Gasteiger charge is 2.40. The molecule has 1 nitrogen and oxygen atoms in total. The van der Waals surface area contributed by atoms with Crippen LogP contribution in [0.5, 0.6) is 0 Å². The molecule has 2 saturated carbocycles. The van der Waals surface area contributed by atoms with Gasteiger partial charge in [-0.25, -0.2) is 8.78 Å². The minimum atomic E-state index is -1.16. The fraction of sp³-hybridized carbons (Fsp3) is 1.00. The molecule has 6 unspecified atom stereocenters. The summed E-state index contributed by atoms with van der Waals surface area (Å²) < 4.78 is 35.0. The van der Waals surface area contributed by atoms with E-state index in [0.717, 1.165) is 18.3 Å². The largest absolute Gasteiger partial charge is 0.369 e. The van der Waals surface area contributed by atoms with Crippen LogP contribution in [-0.2, 0) is 4.74 Å². The van der Waals surface area contributed by atoms with E-state index in [2.05, 4.69) is 27.7 Å². The van der Waals surface area contributed by atoms with Crippen molar-refractivity contribution in [3.05, 3.63) is 0 Å². The smallest absolute Gasteiger partial charge is 0.129 e. The molecule has 2 aliphatic rings. The Morgan fingerprint density at radius 3 is 2.07 bits per heavy atom. The van der Waals surface area contributed by atoms with Crippen LogP contribution >= 0.6 is 0 Å². The van der Waals surface area contributed by atoms with Crippen molar-refractivity contribution >= 4 is 0 Å². The van der Waals surface area contributed by atoms with Gasteiger partial charge >= 0.3 is 0 Å². The maximum absolute atomic E-state index is 14.9. The van der Waals surface area contributed by atoms with Gasteiger partial charge < -0.3 is 4.74 Å². The van der Waals surface area contributed by atoms with Crippen molar-refractivity contribution in [1.82, 2.24) is 0 Å². The van der Waals surface area contributed by atoms with Gasteiger partial charge in [0.1, 0.15) is 18.4 Å². The van der Waals surface area contributed by atoms with Crippen molar-refractivity contribution in [3.8, 4) is 0 Å². The molecule has 0 spiro atoms. The highest BCUT2D eigenvalue weighted by atomic mass is 19.1. The molecular formula is C27H50F2O. The standard InChI is InChI=1S/C27H50F2O/c1-7-16-27(6,8-2)17-15-20(5)21-9-11-22(12-10-21)23-13-14-24(28)26(25(29)18-23)30-19(3)4/h19-26H,7-18H2,1-6H3. The fourth-order valence-electron chi connectivity index (χ4n) is 6.30. The van der Waals surface area contributed by atoms with Gasteiger partial charge in [-0.05, 0) is 107 Å². The summed E-state index contributed by atoms with van der Waals surface area (Å²) >= 11 is 0. The third-order valence-corrected chi connectivity index (χ3v) is 8.68. The van der Waals surface area contributed by atoms with Gasteiger partial charge in [0.25, 0.3) is 0 Å². The zero-order valence-electron chi connectivity index (χ0n) is 20.8. The topological polar surface area (TPSA) is 9.23 Å². The molecule has 6 atom stereocenters. The summed E-state index contributed by atoms with van der Waals surface area (Å²) in [4.78, 5) is 0. The first kappa shape index (κ1) is 26.1. The molecule has 3 heteroatoms. The van der Waals surface area contributed by atoms with E-state index in [1.807, 2.05) is 13.8 Å². The summed E-state index contributed by atoms with van der Waals surface area (Å²) in [5.74, 6) is 2.53. The molecule has 0 amide bonds. The Morgan fingerprint density at radius 2 is 1.50 bits per heavy atom. The van der Waals surface area contributed by atoms with Crippen LogP contribution in [0.15, 0.2) is 0 Å². The average molecular weight is 429 g/mol. The van der Waals surface area contributed by atoms with Crippen LogP contribution in [0.1, 0.15) is 119 Å². The van der Waals surface area contributed by atoms with Crippen molar-refractivity contribution < 1.29 is 13.5 Å². The predicted molar refractivity (Wildman–Crippen MR) is 124 cm³/mol. The summed E-state index contributed by atoms with van der Waals surface area (Å²) in [6.07, 6.45) is 10.1. The molecule has 0 aromatic rings. The lowest BCUT2D eigenvalue weighted by molar-refractivity contribution is -0.0762. The molecule has 0 saturated heterocycles. The van der Waals surface area contributed by atoms with Crippen LogP contribution in [0.3, 0.4) is 0 Å². The third kappa shape index (κ3) is 7.45. The first-order valence-corrected chi connectivity index (χ1v) is 13.1. The monoisotopic (exact) mass is 428 g/mol. The lowest BCUT2D eigenvalue weighted by Crippen LogP contribution is -2.36. The summed E-state index contributed by atoms with van der Waals surface area (Å²) in [7, 11) is 0. The van der Waals surface area contributed by atoms with Crippen LogP contribution in [0.2, 0.25) is 0 Å². The maximum atomic E-state index is 14.9. The van der Waals surface area contributed by atoms with Crippen molar-refractivity contribution in [2.24, 2.45) is 29.1 Å². The minimum Gasteiger partial charge on any atom is -0.369 e. The van der Waals surface area contributed by atoms with Gasteiger partial charge in [0.2, 0.25) is 0 Å². The van der Waals surface area contributed by atoms with Crippen LogP contribution in [0.25, 0.3) is 0 Å². The molecule has 0 N–H and O–H groups in total. The maximum Gasteiger partial charge on any atom is 0.129 e. The van der Waals surface area contributed by atoms with E-state index >= 15 is 0 Å². The Labute approximate surface area is 186 Å². The van der Waals surface area contributed by atoms with E-state index in [9.17, 15) is 8.78 Å². The lowest BCUT2D eigenvalue weighted by atomic mass is 9.68. The van der Waals surface area contributed by atoms with Gasteiger partial charge in [0, 0.05) is 0 Å². The number of hydrogen-bond donors (Lipinski definition) is 0. The van der Waals surface area contributed by atoms with E-state index in [-0.39, 0.29) is 6.10 Å². The second kappa shape index (κ2) is 12.2. The van der Waals surface area contributed by atoms with Gasteiger partial charge in [0.05, 0.1) is 6.10 Å². The van der Waals surface area contributed by atoms with E-state index in [0.29, 0.717) is 30.1 Å². The Kier molecular flexibility index (Phi) is 10.6. The fourth-order valence-corrected chi connectivity index (χ4v) is 6.30. The molecule has 0 bridgehead atoms. The quantitative estimate of drug-likeness (QED) is 0.316. The molecule has 0 aliphatic heterocycles. The number of halogens is 2. The molecule has 0 radical (unpaired) electrons. The highest BCUT2D eigenvalue weighted by molar-refractivity contribution is 4.89. The van der Waals surface area contributed by atoms with Gasteiger partial charge in [-0.3, -0.25) is 0 Å². The number of alkyl halides is 2. The summed E-state index contributed by atoms with van der Waals surface area (Å²) in [5, 5.41) is 0.